The standard InChI is InChI=1S/C14H16ClNO2/c1-18-12-6-9-8-14(2-4-16-5-3-14)13(17)10(9)7-11(12)15/h6-7,16H,2-5,8H2,1H3. The summed E-state index contributed by atoms with van der Waals surface area (Å²) in [5.41, 5.74) is 1.69. The normalized spacial score (nSPS) is 21.1. The molecule has 1 N–H and O–H groups in total. The fourth-order valence-electron chi connectivity index (χ4n) is 3.15. The van der Waals surface area contributed by atoms with Gasteiger partial charge in [-0.05, 0) is 50.0 Å². The Kier molecular flexibility index (Phi) is 2.83. The average molecular weight is 266 g/mol. The van der Waals surface area contributed by atoms with Crippen LogP contribution in [-0.4, -0.2) is 26.0 Å². The van der Waals surface area contributed by atoms with Gasteiger partial charge in [-0.3, -0.25) is 4.79 Å². The molecule has 1 aliphatic carbocycles. The molecule has 0 atom stereocenters. The van der Waals surface area contributed by atoms with E-state index in [-0.39, 0.29) is 11.2 Å². The minimum Gasteiger partial charge on any atom is -0.495 e. The Labute approximate surface area is 111 Å². The van der Waals surface area contributed by atoms with Crippen molar-refractivity contribution in [3.05, 3.63) is 28.3 Å². The number of hydrogen-bond donors (Lipinski definition) is 1. The third kappa shape index (κ3) is 1.65. The third-order valence-corrected chi connectivity index (χ3v) is 4.49. The van der Waals surface area contributed by atoms with E-state index in [0.717, 1.165) is 43.5 Å². The quantitative estimate of drug-likeness (QED) is 0.848. The highest BCUT2D eigenvalue weighted by atomic mass is 35.5. The zero-order valence-corrected chi connectivity index (χ0v) is 11.1. The summed E-state index contributed by atoms with van der Waals surface area (Å²) in [6.07, 6.45) is 2.66. The number of ether oxygens (including phenoxy) is 1. The monoisotopic (exact) mass is 265 g/mol. The number of benzene rings is 1. The summed E-state index contributed by atoms with van der Waals surface area (Å²) in [5, 5.41) is 3.84. The number of halogens is 1. The van der Waals surface area contributed by atoms with Crippen LogP contribution in [0.3, 0.4) is 0 Å². The molecule has 1 aromatic carbocycles. The van der Waals surface area contributed by atoms with E-state index in [0.29, 0.717) is 10.8 Å². The van der Waals surface area contributed by atoms with E-state index in [2.05, 4.69) is 5.32 Å². The molecule has 1 spiro atoms. The van der Waals surface area contributed by atoms with Crippen LogP contribution in [0.5, 0.6) is 5.75 Å². The van der Waals surface area contributed by atoms with Crippen molar-refractivity contribution in [1.29, 1.82) is 0 Å². The van der Waals surface area contributed by atoms with Gasteiger partial charge in [-0.2, -0.15) is 0 Å². The highest BCUT2D eigenvalue weighted by molar-refractivity contribution is 6.32. The van der Waals surface area contributed by atoms with Gasteiger partial charge in [-0.1, -0.05) is 11.6 Å². The molecule has 96 valence electrons. The molecule has 3 nitrogen and oxygen atoms in total. The Morgan fingerprint density at radius 2 is 2.06 bits per heavy atom. The van der Waals surface area contributed by atoms with Gasteiger partial charge in [0.15, 0.2) is 5.78 Å². The lowest BCUT2D eigenvalue weighted by Gasteiger charge is -2.31. The molecular formula is C14H16ClNO2. The Morgan fingerprint density at radius 1 is 1.33 bits per heavy atom. The molecule has 3 rings (SSSR count). The van der Waals surface area contributed by atoms with Crippen molar-refractivity contribution in [1.82, 2.24) is 5.32 Å². The highest BCUT2D eigenvalue weighted by Gasteiger charge is 2.46. The van der Waals surface area contributed by atoms with Gasteiger partial charge in [0.2, 0.25) is 0 Å². The number of carbonyl (C=O) groups is 1. The van der Waals surface area contributed by atoms with Crippen LogP contribution < -0.4 is 10.1 Å². The van der Waals surface area contributed by atoms with Gasteiger partial charge in [0.05, 0.1) is 12.1 Å². The van der Waals surface area contributed by atoms with Crippen LogP contribution in [0, 0.1) is 5.41 Å². The molecule has 1 fully saturated rings. The maximum atomic E-state index is 12.6. The van der Waals surface area contributed by atoms with Crippen molar-refractivity contribution < 1.29 is 9.53 Å². The van der Waals surface area contributed by atoms with Crippen LogP contribution >= 0.6 is 11.6 Å². The van der Waals surface area contributed by atoms with Crippen molar-refractivity contribution in [3.8, 4) is 5.75 Å². The number of nitrogens with one attached hydrogen (secondary N) is 1. The largest absolute Gasteiger partial charge is 0.495 e. The fraction of sp³-hybridized carbons (Fsp3) is 0.500. The molecule has 4 heteroatoms. The lowest BCUT2D eigenvalue weighted by molar-refractivity contribution is 0.0762. The summed E-state index contributed by atoms with van der Waals surface area (Å²) in [5.74, 6) is 0.928. The van der Waals surface area contributed by atoms with Crippen LogP contribution in [0.15, 0.2) is 12.1 Å². The number of Topliss-reactive ketones (excluding diaryl/α,β-unsaturated/α-hetero) is 1. The lowest BCUT2D eigenvalue weighted by Crippen LogP contribution is -2.40. The molecule has 0 bridgehead atoms. The molecular weight excluding hydrogens is 250 g/mol. The fourth-order valence-corrected chi connectivity index (χ4v) is 3.39. The number of carbonyl (C=O) groups excluding carboxylic acids is 1. The summed E-state index contributed by atoms with van der Waals surface area (Å²) in [6.45, 7) is 1.84. The molecule has 0 saturated carbocycles. The number of hydrogen-bond acceptors (Lipinski definition) is 3. The second kappa shape index (κ2) is 4.25. The van der Waals surface area contributed by atoms with E-state index in [9.17, 15) is 4.79 Å². The van der Waals surface area contributed by atoms with E-state index in [4.69, 9.17) is 16.3 Å². The van der Waals surface area contributed by atoms with Gasteiger partial charge >= 0.3 is 0 Å². The minimum absolute atomic E-state index is 0.191. The van der Waals surface area contributed by atoms with Crippen molar-refractivity contribution in [2.24, 2.45) is 5.41 Å². The molecule has 1 heterocycles. The van der Waals surface area contributed by atoms with E-state index < -0.39 is 0 Å². The van der Waals surface area contributed by atoms with Gasteiger partial charge in [-0.15, -0.1) is 0 Å². The van der Waals surface area contributed by atoms with Crippen molar-refractivity contribution >= 4 is 17.4 Å². The van der Waals surface area contributed by atoms with Crippen molar-refractivity contribution in [2.75, 3.05) is 20.2 Å². The van der Waals surface area contributed by atoms with Gasteiger partial charge in [0.1, 0.15) is 5.75 Å². The van der Waals surface area contributed by atoms with Gasteiger partial charge in [0, 0.05) is 11.0 Å². The maximum Gasteiger partial charge on any atom is 0.169 e. The summed E-state index contributed by atoms with van der Waals surface area (Å²) >= 11 is 6.11. The molecule has 0 radical (unpaired) electrons. The molecule has 1 saturated heterocycles. The SMILES string of the molecule is COc1cc2c(cc1Cl)C(=O)C1(CCNCC1)C2. The topological polar surface area (TPSA) is 38.3 Å². The Hall–Kier alpha value is -1.06. The number of methoxy groups -OCH3 is 1. The van der Waals surface area contributed by atoms with Gasteiger partial charge in [-0.25, -0.2) is 0 Å². The predicted molar refractivity (Wildman–Crippen MR) is 70.6 cm³/mol. The van der Waals surface area contributed by atoms with Gasteiger partial charge < -0.3 is 10.1 Å². The Morgan fingerprint density at radius 3 is 2.72 bits per heavy atom. The first-order valence-corrected chi connectivity index (χ1v) is 6.66. The summed E-state index contributed by atoms with van der Waals surface area (Å²) in [7, 11) is 1.60. The number of piperidine rings is 1. The van der Waals surface area contributed by atoms with Crippen molar-refractivity contribution in [3.63, 3.8) is 0 Å². The van der Waals surface area contributed by atoms with Crippen LogP contribution in [0.4, 0.5) is 0 Å². The third-order valence-electron chi connectivity index (χ3n) is 4.19. The lowest BCUT2D eigenvalue weighted by atomic mass is 9.75. The first kappa shape index (κ1) is 12.0. The predicted octanol–water partition coefficient (Wildman–Crippen LogP) is 2.46. The second-order valence-corrected chi connectivity index (χ2v) is 5.59. The zero-order valence-electron chi connectivity index (χ0n) is 10.4. The number of ketones is 1. The number of rotatable bonds is 1. The maximum absolute atomic E-state index is 12.6. The summed E-state index contributed by atoms with van der Waals surface area (Å²) in [6, 6.07) is 3.70. The molecule has 0 unspecified atom stereocenters. The van der Waals surface area contributed by atoms with Crippen LogP contribution in [-0.2, 0) is 6.42 Å². The van der Waals surface area contributed by atoms with Gasteiger partial charge in [0.25, 0.3) is 0 Å². The van der Waals surface area contributed by atoms with E-state index >= 15 is 0 Å². The molecule has 0 aromatic heterocycles. The van der Waals surface area contributed by atoms with E-state index in [1.807, 2.05) is 6.07 Å². The van der Waals surface area contributed by atoms with Crippen LogP contribution in [0.2, 0.25) is 5.02 Å². The molecule has 1 aromatic rings. The number of fused-ring (bicyclic) bond motifs is 1. The first-order chi connectivity index (χ1) is 8.66. The molecule has 0 amide bonds. The van der Waals surface area contributed by atoms with Crippen molar-refractivity contribution in [2.45, 2.75) is 19.3 Å². The molecule has 18 heavy (non-hydrogen) atoms. The first-order valence-electron chi connectivity index (χ1n) is 6.28. The Bertz CT molecular complexity index is 507. The summed E-state index contributed by atoms with van der Waals surface area (Å²) < 4.78 is 5.23. The van der Waals surface area contributed by atoms with Crippen LogP contribution in [0.1, 0.15) is 28.8 Å². The zero-order chi connectivity index (χ0) is 12.8. The van der Waals surface area contributed by atoms with E-state index in [1.165, 1.54) is 0 Å². The molecule has 1 aliphatic heterocycles. The molecule has 2 aliphatic rings. The van der Waals surface area contributed by atoms with Crippen LogP contribution in [0.25, 0.3) is 0 Å². The van der Waals surface area contributed by atoms with E-state index in [1.54, 1.807) is 13.2 Å². The smallest absolute Gasteiger partial charge is 0.169 e. The Balaban J connectivity index is 2.03. The second-order valence-electron chi connectivity index (χ2n) is 5.18. The summed E-state index contributed by atoms with van der Waals surface area (Å²) in [4.78, 5) is 12.6. The average Bonchev–Trinajstić information content (AvgIpc) is 2.63. The minimum atomic E-state index is -0.191. The highest BCUT2D eigenvalue weighted by Crippen LogP contribution is 2.45.